The highest BCUT2D eigenvalue weighted by Gasteiger charge is 2.52. The summed E-state index contributed by atoms with van der Waals surface area (Å²) in [6, 6.07) is 0.249. The third-order valence-electron chi connectivity index (χ3n) is 7.45. The van der Waals surface area contributed by atoms with Crippen molar-refractivity contribution in [3.63, 3.8) is 0 Å². The zero-order valence-corrected chi connectivity index (χ0v) is 17.1. The van der Waals surface area contributed by atoms with Gasteiger partial charge in [-0.2, -0.15) is 0 Å². The molecule has 6 atom stereocenters. The van der Waals surface area contributed by atoms with Crippen LogP contribution >= 0.6 is 0 Å². The van der Waals surface area contributed by atoms with Crippen LogP contribution in [-0.2, 0) is 14.3 Å². The number of hydrogen-bond donors (Lipinski definition) is 3. The molecular weight excluding hydrogens is 358 g/mol. The Bertz CT molecular complexity index is 533. The molecule has 3 aliphatic rings. The number of unbranched alkanes of at least 4 members (excludes halogenated alkanes) is 1. The van der Waals surface area contributed by atoms with Crippen molar-refractivity contribution in [2.24, 2.45) is 29.6 Å². The number of carbonyl (C=O) groups is 2. The van der Waals surface area contributed by atoms with E-state index in [2.05, 4.69) is 12.2 Å². The second kappa shape index (κ2) is 10.1. The smallest absolute Gasteiger partial charge is 0.329 e. The van der Waals surface area contributed by atoms with Gasteiger partial charge in [0.1, 0.15) is 12.8 Å². The minimum absolute atomic E-state index is 0.0901. The second-order valence-corrected chi connectivity index (χ2v) is 9.22. The number of hydrogen-bond acceptors (Lipinski definition) is 4. The Hall–Kier alpha value is -1.14. The van der Waals surface area contributed by atoms with E-state index in [1.54, 1.807) is 0 Å². The third-order valence-corrected chi connectivity index (χ3v) is 7.45. The van der Waals surface area contributed by atoms with Gasteiger partial charge >= 0.3 is 11.9 Å². The number of ether oxygens (including phenoxy) is 1. The number of rotatable bonds is 8. The Labute approximate surface area is 168 Å². The molecule has 0 radical (unpaired) electrons. The SMILES string of the molecule is CCCCC1CCC2NC(OCC(=O)O)C(C(=O)O)C(C3CCCCC3)C2C1. The highest BCUT2D eigenvalue weighted by molar-refractivity contribution is 5.72. The topological polar surface area (TPSA) is 95.9 Å². The average Bonchev–Trinajstić information content (AvgIpc) is 2.69. The monoisotopic (exact) mass is 395 g/mol. The predicted molar refractivity (Wildman–Crippen MR) is 106 cm³/mol. The standard InChI is InChI=1S/C22H37NO5/c1-2-3-7-14-10-11-17-16(12-14)19(15-8-5-4-6-9-15)20(22(26)27)21(23-17)28-13-18(24)25/h14-17,19-21,23H,2-13H2,1H3,(H,24,25)(H,26,27). The van der Waals surface area contributed by atoms with Crippen LogP contribution in [0.25, 0.3) is 0 Å². The van der Waals surface area contributed by atoms with Crippen LogP contribution in [-0.4, -0.2) is 41.0 Å². The van der Waals surface area contributed by atoms with Crippen molar-refractivity contribution in [3.05, 3.63) is 0 Å². The minimum atomic E-state index is -1.05. The molecule has 0 aromatic rings. The summed E-state index contributed by atoms with van der Waals surface area (Å²) in [6.07, 6.45) is 12.1. The van der Waals surface area contributed by atoms with Crippen molar-refractivity contribution >= 4 is 11.9 Å². The number of piperidine rings is 1. The molecule has 0 aromatic carbocycles. The fourth-order valence-corrected chi connectivity index (χ4v) is 6.24. The molecule has 6 nitrogen and oxygen atoms in total. The van der Waals surface area contributed by atoms with Crippen LogP contribution < -0.4 is 5.32 Å². The van der Waals surface area contributed by atoms with Gasteiger partial charge in [-0.05, 0) is 42.9 Å². The lowest BCUT2D eigenvalue weighted by Gasteiger charge is -2.53. The summed E-state index contributed by atoms with van der Waals surface area (Å²) in [5.41, 5.74) is 0. The largest absolute Gasteiger partial charge is 0.481 e. The fraction of sp³-hybridized carbons (Fsp3) is 0.909. The quantitative estimate of drug-likeness (QED) is 0.577. The molecule has 0 aromatic heterocycles. The number of carboxylic acids is 2. The van der Waals surface area contributed by atoms with Gasteiger partial charge in [-0.1, -0.05) is 58.3 Å². The van der Waals surface area contributed by atoms with E-state index in [1.807, 2.05) is 0 Å². The molecular formula is C22H37NO5. The van der Waals surface area contributed by atoms with Crippen molar-refractivity contribution in [2.45, 2.75) is 89.8 Å². The zero-order valence-electron chi connectivity index (χ0n) is 17.1. The molecule has 6 heteroatoms. The van der Waals surface area contributed by atoms with Crippen LogP contribution in [0.2, 0.25) is 0 Å². The second-order valence-electron chi connectivity index (χ2n) is 9.22. The first-order valence-corrected chi connectivity index (χ1v) is 11.3. The Morgan fingerprint density at radius 3 is 2.46 bits per heavy atom. The molecule has 2 saturated carbocycles. The summed E-state index contributed by atoms with van der Waals surface area (Å²) in [6.45, 7) is 1.78. The van der Waals surface area contributed by atoms with Crippen molar-refractivity contribution in [3.8, 4) is 0 Å². The first-order valence-electron chi connectivity index (χ1n) is 11.3. The van der Waals surface area contributed by atoms with Gasteiger partial charge in [-0.3, -0.25) is 10.1 Å². The third kappa shape index (κ3) is 5.07. The lowest BCUT2D eigenvalue weighted by atomic mass is 9.59. The Balaban J connectivity index is 1.83. The van der Waals surface area contributed by atoms with Crippen molar-refractivity contribution in [1.82, 2.24) is 5.32 Å². The van der Waals surface area contributed by atoms with Crippen molar-refractivity contribution in [2.75, 3.05) is 6.61 Å². The molecule has 0 bridgehead atoms. The maximum atomic E-state index is 12.3. The average molecular weight is 396 g/mol. The molecule has 0 spiro atoms. The van der Waals surface area contributed by atoms with Crippen molar-refractivity contribution < 1.29 is 24.5 Å². The first kappa shape index (κ1) is 21.6. The Kier molecular flexibility index (Phi) is 7.75. The summed E-state index contributed by atoms with van der Waals surface area (Å²) < 4.78 is 5.59. The molecule has 1 aliphatic heterocycles. The lowest BCUT2D eigenvalue weighted by Crippen LogP contribution is -2.63. The first-order chi connectivity index (χ1) is 13.5. The predicted octanol–water partition coefficient (Wildman–Crippen LogP) is 3.89. The van der Waals surface area contributed by atoms with Gasteiger partial charge in [0.2, 0.25) is 0 Å². The number of aliphatic carboxylic acids is 2. The minimum Gasteiger partial charge on any atom is -0.481 e. The van der Waals surface area contributed by atoms with E-state index in [4.69, 9.17) is 9.84 Å². The molecule has 3 N–H and O–H groups in total. The van der Waals surface area contributed by atoms with E-state index < -0.39 is 30.7 Å². The lowest BCUT2D eigenvalue weighted by molar-refractivity contribution is -0.173. The summed E-state index contributed by atoms with van der Waals surface area (Å²) in [5, 5.41) is 22.6. The van der Waals surface area contributed by atoms with Gasteiger partial charge in [-0.25, -0.2) is 4.79 Å². The van der Waals surface area contributed by atoms with Gasteiger partial charge in [0, 0.05) is 6.04 Å². The van der Waals surface area contributed by atoms with Crippen LogP contribution in [0.15, 0.2) is 0 Å². The van der Waals surface area contributed by atoms with Crippen LogP contribution in [0, 0.1) is 29.6 Å². The van der Waals surface area contributed by atoms with E-state index in [0.29, 0.717) is 17.8 Å². The molecule has 2 aliphatic carbocycles. The molecule has 6 unspecified atom stereocenters. The number of carboxylic acid groups (broad SMARTS) is 2. The van der Waals surface area contributed by atoms with E-state index in [9.17, 15) is 14.7 Å². The summed E-state index contributed by atoms with van der Waals surface area (Å²) in [5.74, 6) is -0.978. The van der Waals surface area contributed by atoms with Gasteiger partial charge in [0.15, 0.2) is 0 Å². The Morgan fingerprint density at radius 1 is 1.07 bits per heavy atom. The van der Waals surface area contributed by atoms with Gasteiger partial charge in [0.05, 0.1) is 5.92 Å². The fourth-order valence-electron chi connectivity index (χ4n) is 6.24. The number of fused-ring (bicyclic) bond motifs is 1. The maximum Gasteiger partial charge on any atom is 0.329 e. The van der Waals surface area contributed by atoms with Crippen LogP contribution in [0.5, 0.6) is 0 Å². The van der Waals surface area contributed by atoms with E-state index in [0.717, 1.165) is 25.7 Å². The Morgan fingerprint density at radius 2 is 1.82 bits per heavy atom. The highest BCUT2D eigenvalue weighted by Crippen LogP contribution is 2.49. The van der Waals surface area contributed by atoms with Crippen LogP contribution in [0.4, 0.5) is 0 Å². The molecule has 3 rings (SSSR count). The van der Waals surface area contributed by atoms with Crippen molar-refractivity contribution in [1.29, 1.82) is 0 Å². The summed E-state index contributed by atoms with van der Waals surface area (Å²) >= 11 is 0. The normalized spacial score (nSPS) is 36.6. The molecule has 1 heterocycles. The highest BCUT2D eigenvalue weighted by atomic mass is 16.5. The number of nitrogens with one attached hydrogen (secondary N) is 1. The van der Waals surface area contributed by atoms with E-state index in [-0.39, 0.29) is 12.0 Å². The summed E-state index contributed by atoms with van der Waals surface area (Å²) in [4.78, 5) is 23.4. The molecule has 160 valence electrons. The van der Waals surface area contributed by atoms with Crippen LogP contribution in [0.3, 0.4) is 0 Å². The van der Waals surface area contributed by atoms with Gasteiger partial charge in [0.25, 0.3) is 0 Å². The zero-order chi connectivity index (χ0) is 20.1. The van der Waals surface area contributed by atoms with E-state index in [1.165, 1.54) is 44.9 Å². The molecule has 1 saturated heterocycles. The molecule has 28 heavy (non-hydrogen) atoms. The van der Waals surface area contributed by atoms with Gasteiger partial charge in [-0.15, -0.1) is 0 Å². The van der Waals surface area contributed by atoms with E-state index >= 15 is 0 Å². The molecule has 0 amide bonds. The van der Waals surface area contributed by atoms with Gasteiger partial charge < -0.3 is 14.9 Å². The van der Waals surface area contributed by atoms with Crippen LogP contribution in [0.1, 0.15) is 77.6 Å². The molecule has 3 fully saturated rings. The summed E-state index contributed by atoms with van der Waals surface area (Å²) in [7, 11) is 0. The maximum absolute atomic E-state index is 12.3.